The molecule has 0 saturated carbocycles. The molecule has 1 amide bonds. The molecule has 1 heterocycles. The van der Waals surface area contributed by atoms with Gasteiger partial charge in [0.15, 0.2) is 11.5 Å². The summed E-state index contributed by atoms with van der Waals surface area (Å²) in [5.74, 6) is 0.0622. The minimum atomic E-state index is -0.634. The van der Waals surface area contributed by atoms with Gasteiger partial charge < -0.3 is 19.8 Å². The van der Waals surface area contributed by atoms with Gasteiger partial charge in [-0.15, -0.1) is 0 Å². The van der Waals surface area contributed by atoms with Gasteiger partial charge in [0.2, 0.25) is 0 Å². The third-order valence-corrected chi connectivity index (χ3v) is 5.57. The van der Waals surface area contributed by atoms with E-state index in [-0.39, 0.29) is 6.04 Å². The van der Waals surface area contributed by atoms with Crippen molar-refractivity contribution >= 4 is 22.6 Å². The molecule has 0 saturated heterocycles. The van der Waals surface area contributed by atoms with E-state index in [2.05, 4.69) is 10.3 Å². The Morgan fingerprint density at radius 1 is 0.909 bits per heavy atom. The largest absolute Gasteiger partial charge is 0.493 e. The topological polar surface area (TPSA) is 80.4 Å². The van der Waals surface area contributed by atoms with Crippen LogP contribution in [0.25, 0.3) is 22.2 Å². The molecule has 0 fully saturated rings. The zero-order valence-corrected chi connectivity index (χ0v) is 18.8. The van der Waals surface area contributed by atoms with Crippen LogP contribution < -0.4 is 14.8 Å². The van der Waals surface area contributed by atoms with E-state index in [0.29, 0.717) is 29.2 Å². The van der Waals surface area contributed by atoms with Crippen molar-refractivity contribution in [3.05, 3.63) is 83.9 Å². The Kier molecular flexibility index (Phi) is 6.45. The summed E-state index contributed by atoms with van der Waals surface area (Å²) in [7, 11) is 3.16. The first-order valence-electron chi connectivity index (χ1n) is 10.7. The van der Waals surface area contributed by atoms with Gasteiger partial charge in [-0.3, -0.25) is 9.59 Å². The van der Waals surface area contributed by atoms with E-state index < -0.39 is 11.7 Å². The lowest BCUT2D eigenvalue weighted by Crippen LogP contribution is -2.38. The standard InChI is InChI=1S/C27H26N2O4/c1-17(15-18-13-14-22(32-2)23(16-18)33-3)28-27(31)26(30)24-20-11-7-8-12-21(20)29-25(24)19-9-5-4-6-10-19/h4-14,16-17,29H,15H2,1-3H3,(H,28,31). The van der Waals surface area contributed by atoms with Crippen molar-refractivity contribution in [3.63, 3.8) is 0 Å². The van der Waals surface area contributed by atoms with Crippen LogP contribution in [0.3, 0.4) is 0 Å². The number of methoxy groups -OCH3 is 2. The molecule has 4 rings (SSSR count). The van der Waals surface area contributed by atoms with Gasteiger partial charge in [0.1, 0.15) is 0 Å². The van der Waals surface area contributed by atoms with Crippen molar-refractivity contribution in [3.8, 4) is 22.8 Å². The van der Waals surface area contributed by atoms with Crippen LogP contribution in [-0.2, 0) is 11.2 Å². The number of hydrogen-bond acceptors (Lipinski definition) is 4. The minimum absolute atomic E-state index is 0.259. The molecule has 33 heavy (non-hydrogen) atoms. The van der Waals surface area contributed by atoms with Crippen LogP contribution in [0.2, 0.25) is 0 Å². The quantitative estimate of drug-likeness (QED) is 0.304. The monoisotopic (exact) mass is 442 g/mol. The highest BCUT2D eigenvalue weighted by atomic mass is 16.5. The third-order valence-electron chi connectivity index (χ3n) is 5.57. The molecule has 0 aliphatic carbocycles. The van der Waals surface area contributed by atoms with Crippen molar-refractivity contribution < 1.29 is 19.1 Å². The Morgan fingerprint density at radius 3 is 2.33 bits per heavy atom. The van der Waals surface area contributed by atoms with Crippen molar-refractivity contribution in [2.45, 2.75) is 19.4 Å². The molecule has 0 aliphatic heterocycles. The van der Waals surface area contributed by atoms with E-state index >= 15 is 0 Å². The van der Waals surface area contributed by atoms with Crippen LogP contribution in [0.1, 0.15) is 22.8 Å². The number of rotatable bonds is 8. The number of nitrogens with one attached hydrogen (secondary N) is 2. The summed E-state index contributed by atoms with van der Waals surface area (Å²) in [6, 6.07) is 22.4. The van der Waals surface area contributed by atoms with Crippen molar-refractivity contribution in [1.82, 2.24) is 10.3 Å². The lowest BCUT2D eigenvalue weighted by Gasteiger charge is -2.15. The van der Waals surface area contributed by atoms with Gasteiger partial charge in [0.25, 0.3) is 11.7 Å². The molecular weight excluding hydrogens is 416 g/mol. The molecule has 0 spiro atoms. The molecule has 0 radical (unpaired) electrons. The minimum Gasteiger partial charge on any atom is -0.493 e. The maximum atomic E-state index is 13.3. The second-order valence-corrected chi connectivity index (χ2v) is 7.88. The van der Waals surface area contributed by atoms with Gasteiger partial charge in [-0.1, -0.05) is 54.6 Å². The van der Waals surface area contributed by atoms with Crippen molar-refractivity contribution in [2.75, 3.05) is 14.2 Å². The number of ketones is 1. The molecule has 2 N–H and O–H groups in total. The molecule has 6 nitrogen and oxygen atoms in total. The molecule has 0 aliphatic rings. The predicted molar refractivity (Wildman–Crippen MR) is 129 cm³/mol. The van der Waals surface area contributed by atoms with Gasteiger partial charge in [0.05, 0.1) is 25.5 Å². The molecule has 168 valence electrons. The lowest BCUT2D eigenvalue weighted by molar-refractivity contribution is -0.117. The Morgan fingerprint density at radius 2 is 1.61 bits per heavy atom. The predicted octanol–water partition coefficient (Wildman–Crippen LogP) is 4.78. The molecule has 1 unspecified atom stereocenters. The van der Waals surface area contributed by atoms with E-state index in [1.165, 1.54) is 0 Å². The maximum Gasteiger partial charge on any atom is 0.292 e. The first-order valence-corrected chi connectivity index (χ1v) is 10.7. The second-order valence-electron chi connectivity index (χ2n) is 7.88. The highest BCUT2D eigenvalue weighted by molar-refractivity contribution is 6.46. The average molecular weight is 443 g/mol. The second kappa shape index (κ2) is 9.61. The molecule has 1 atom stereocenters. The van der Waals surface area contributed by atoms with Crippen LogP contribution in [0.15, 0.2) is 72.8 Å². The number of fused-ring (bicyclic) bond motifs is 1. The summed E-state index contributed by atoms with van der Waals surface area (Å²) in [5.41, 5.74) is 3.65. The van der Waals surface area contributed by atoms with Crippen LogP contribution in [0.4, 0.5) is 0 Å². The lowest BCUT2D eigenvalue weighted by atomic mass is 10.0. The fourth-order valence-corrected chi connectivity index (χ4v) is 4.01. The number of hydrogen-bond donors (Lipinski definition) is 2. The van der Waals surface area contributed by atoms with E-state index in [4.69, 9.17) is 9.47 Å². The number of benzene rings is 3. The molecule has 4 aromatic rings. The van der Waals surface area contributed by atoms with E-state index in [0.717, 1.165) is 22.0 Å². The van der Waals surface area contributed by atoms with Gasteiger partial charge in [-0.25, -0.2) is 0 Å². The summed E-state index contributed by atoms with van der Waals surface area (Å²) >= 11 is 0. The van der Waals surface area contributed by atoms with Crippen LogP contribution in [0.5, 0.6) is 11.5 Å². The fourth-order valence-electron chi connectivity index (χ4n) is 4.01. The molecule has 1 aromatic heterocycles. The zero-order chi connectivity index (χ0) is 23.4. The summed E-state index contributed by atoms with van der Waals surface area (Å²) in [4.78, 5) is 29.6. The number of carbonyl (C=O) groups is 2. The van der Waals surface area contributed by atoms with Crippen LogP contribution in [-0.4, -0.2) is 36.9 Å². The molecule has 6 heteroatoms. The third kappa shape index (κ3) is 4.60. The average Bonchev–Trinajstić information content (AvgIpc) is 3.23. The Balaban J connectivity index is 1.57. The molecule has 0 bridgehead atoms. The number of H-pyrrole nitrogens is 1. The normalized spacial score (nSPS) is 11.7. The van der Waals surface area contributed by atoms with E-state index in [1.54, 1.807) is 14.2 Å². The van der Waals surface area contributed by atoms with Gasteiger partial charge in [-0.2, -0.15) is 0 Å². The maximum absolute atomic E-state index is 13.3. The van der Waals surface area contributed by atoms with E-state index in [1.807, 2.05) is 79.7 Å². The summed E-state index contributed by atoms with van der Waals surface area (Å²) in [5, 5.41) is 3.58. The SMILES string of the molecule is COc1ccc(CC(C)NC(=O)C(=O)c2c(-c3ccccc3)[nH]c3ccccc23)cc1OC. The smallest absolute Gasteiger partial charge is 0.292 e. The van der Waals surface area contributed by atoms with Gasteiger partial charge >= 0.3 is 0 Å². The number of aromatic amines is 1. The highest BCUT2D eigenvalue weighted by Gasteiger charge is 2.26. The first-order chi connectivity index (χ1) is 16.0. The number of ether oxygens (including phenoxy) is 2. The molecular formula is C27H26N2O4. The van der Waals surface area contributed by atoms with Gasteiger partial charge in [0, 0.05) is 16.9 Å². The van der Waals surface area contributed by atoms with E-state index in [9.17, 15) is 9.59 Å². The highest BCUT2D eigenvalue weighted by Crippen LogP contribution is 2.31. The number of Topliss-reactive ketones (excluding diaryl/α,β-unsaturated/α-hetero) is 1. The van der Waals surface area contributed by atoms with Crippen LogP contribution in [0, 0.1) is 0 Å². The number of amides is 1. The number of para-hydroxylation sites is 1. The fraction of sp³-hybridized carbons (Fsp3) is 0.185. The van der Waals surface area contributed by atoms with Crippen molar-refractivity contribution in [1.29, 1.82) is 0 Å². The van der Waals surface area contributed by atoms with Gasteiger partial charge in [-0.05, 0) is 42.7 Å². The number of aromatic nitrogens is 1. The van der Waals surface area contributed by atoms with Crippen LogP contribution >= 0.6 is 0 Å². The summed E-state index contributed by atoms with van der Waals surface area (Å²) < 4.78 is 10.6. The Hall–Kier alpha value is -4.06. The first kappa shape index (κ1) is 22.1. The Labute approximate surface area is 192 Å². The zero-order valence-electron chi connectivity index (χ0n) is 18.8. The van der Waals surface area contributed by atoms with Crippen molar-refractivity contribution in [2.24, 2.45) is 0 Å². The summed E-state index contributed by atoms with van der Waals surface area (Å²) in [6.07, 6.45) is 0.540. The molecule has 3 aromatic carbocycles. The Bertz CT molecular complexity index is 1290. The number of carbonyl (C=O) groups excluding carboxylic acids is 2. The summed E-state index contributed by atoms with van der Waals surface area (Å²) in [6.45, 7) is 1.87.